The van der Waals surface area contributed by atoms with Gasteiger partial charge in [-0.1, -0.05) is 41.9 Å². The molecule has 0 spiro atoms. The van der Waals surface area contributed by atoms with Gasteiger partial charge in [-0.3, -0.25) is 19.3 Å². The highest BCUT2D eigenvalue weighted by Crippen LogP contribution is 2.44. The molecular formula is C24H19ClF3N3O3S. The highest BCUT2D eigenvalue weighted by Gasteiger charge is 2.47. The molecular weight excluding hydrogens is 503 g/mol. The molecule has 0 bridgehead atoms. The molecule has 0 aliphatic carbocycles. The number of aromatic nitrogens is 1. The normalized spacial score (nSPS) is 18.4. The van der Waals surface area contributed by atoms with Crippen LogP contribution in [0, 0.1) is 0 Å². The van der Waals surface area contributed by atoms with Crippen LogP contribution in [0.25, 0.3) is 0 Å². The van der Waals surface area contributed by atoms with E-state index in [1.807, 2.05) is 30.3 Å². The predicted molar refractivity (Wildman–Crippen MR) is 126 cm³/mol. The first-order valence-corrected chi connectivity index (χ1v) is 12.0. The third kappa shape index (κ3) is 3.94. The number of hydrogen-bond donors (Lipinski definition) is 1. The van der Waals surface area contributed by atoms with Gasteiger partial charge in [0.05, 0.1) is 6.04 Å². The summed E-state index contributed by atoms with van der Waals surface area (Å²) in [6.07, 6.45) is -3.40. The van der Waals surface area contributed by atoms with Crippen LogP contribution in [0.2, 0.25) is 5.02 Å². The number of halogens is 4. The fourth-order valence-electron chi connectivity index (χ4n) is 4.47. The number of thioether (sulfide) groups is 1. The summed E-state index contributed by atoms with van der Waals surface area (Å²) in [5.74, 6) is -1.36. The van der Waals surface area contributed by atoms with E-state index in [0.29, 0.717) is 15.7 Å². The average Bonchev–Trinajstić information content (AvgIpc) is 2.97. The van der Waals surface area contributed by atoms with Crippen LogP contribution >= 0.6 is 23.4 Å². The molecule has 11 heteroatoms. The molecule has 2 atom stereocenters. The Morgan fingerprint density at radius 2 is 1.86 bits per heavy atom. The maximum absolute atomic E-state index is 13.8. The Balaban J connectivity index is 1.78. The molecule has 0 saturated carbocycles. The van der Waals surface area contributed by atoms with E-state index >= 15 is 0 Å². The van der Waals surface area contributed by atoms with Crippen molar-refractivity contribution in [1.82, 2.24) is 9.58 Å². The number of alkyl halides is 3. The van der Waals surface area contributed by atoms with Crippen molar-refractivity contribution in [3.8, 4) is 5.75 Å². The number of hydrogen-bond acceptors (Lipinski definition) is 5. The topological polar surface area (TPSA) is 65.8 Å². The van der Waals surface area contributed by atoms with Gasteiger partial charge in [-0.05, 0) is 35.7 Å². The summed E-state index contributed by atoms with van der Waals surface area (Å²) in [5.41, 5.74) is 1.22. The van der Waals surface area contributed by atoms with Crippen molar-refractivity contribution >= 4 is 29.3 Å². The van der Waals surface area contributed by atoms with Crippen LogP contribution in [0.1, 0.15) is 40.1 Å². The van der Waals surface area contributed by atoms with Crippen molar-refractivity contribution in [2.45, 2.75) is 35.8 Å². The zero-order chi connectivity index (χ0) is 25.1. The summed E-state index contributed by atoms with van der Waals surface area (Å²) in [4.78, 5) is 26.8. The Morgan fingerprint density at radius 3 is 2.60 bits per heavy atom. The van der Waals surface area contributed by atoms with Gasteiger partial charge in [-0.2, -0.15) is 13.2 Å². The number of amides is 1. The van der Waals surface area contributed by atoms with Crippen molar-refractivity contribution < 1.29 is 23.1 Å². The van der Waals surface area contributed by atoms with Crippen molar-refractivity contribution in [1.29, 1.82) is 0 Å². The Bertz CT molecular complexity index is 1390. The Hall–Kier alpha value is -3.11. The number of benzene rings is 2. The standard InChI is InChI=1S/C24H19ClF3N3O3S/c1-13(24(26,27)28)29-12-31(30-9-8-18(32)22(33)21(30)23(29)34)20-16-5-3-2-4-14(16)11-35-19-10-15(25)6-7-17(19)20/h2-10,13,20,33H,11-12H2,1H3/t13-,20+/m1/s1. The molecule has 2 aliphatic rings. The molecule has 0 saturated heterocycles. The van der Waals surface area contributed by atoms with E-state index in [4.69, 9.17) is 11.6 Å². The number of carbonyl (C=O) groups is 1. The van der Waals surface area contributed by atoms with Gasteiger partial charge in [-0.15, -0.1) is 11.8 Å². The average molecular weight is 522 g/mol. The van der Waals surface area contributed by atoms with Gasteiger partial charge in [0, 0.05) is 27.9 Å². The molecule has 5 rings (SSSR count). The maximum atomic E-state index is 13.8. The molecule has 2 aliphatic heterocycles. The van der Waals surface area contributed by atoms with E-state index in [-0.39, 0.29) is 0 Å². The first kappa shape index (κ1) is 23.6. The van der Waals surface area contributed by atoms with Gasteiger partial charge in [0.1, 0.15) is 12.7 Å². The molecule has 1 amide bonds. The third-order valence-corrected chi connectivity index (χ3v) is 7.69. The van der Waals surface area contributed by atoms with Gasteiger partial charge in [0.25, 0.3) is 5.91 Å². The summed E-state index contributed by atoms with van der Waals surface area (Å²) in [6.45, 7) is 0.453. The van der Waals surface area contributed by atoms with Crippen LogP contribution < -0.4 is 10.4 Å². The summed E-state index contributed by atoms with van der Waals surface area (Å²) >= 11 is 7.80. The third-order valence-electron chi connectivity index (χ3n) is 6.33. The van der Waals surface area contributed by atoms with E-state index in [0.717, 1.165) is 34.6 Å². The fourth-order valence-corrected chi connectivity index (χ4v) is 5.84. The number of aromatic hydroxyl groups is 1. The van der Waals surface area contributed by atoms with Crippen molar-refractivity contribution in [2.24, 2.45) is 0 Å². The first-order chi connectivity index (χ1) is 16.6. The Labute approximate surface area is 207 Å². The molecule has 1 aromatic heterocycles. The van der Waals surface area contributed by atoms with Crippen molar-refractivity contribution in [3.63, 3.8) is 0 Å². The van der Waals surface area contributed by atoms with Gasteiger partial charge in [-0.25, -0.2) is 0 Å². The summed E-state index contributed by atoms with van der Waals surface area (Å²) in [5, 5.41) is 12.6. The largest absolute Gasteiger partial charge is 0.502 e. The predicted octanol–water partition coefficient (Wildman–Crippen LogP) is 4.90. The van der Waals surface area contributed by atoms with Crippen LogP contribution in [0.4, 0.5) is 13.2 Å². The highest BCUT2D eigenvalue weighted by atomic mass is 35.5. The molecule has 0 radical (unpaired) electrons. The first-order valence-electron chi connectivity index (χ1n) is 10.7. The second-order valence-electron chi connectivity index (χ2n) is 8.37. The molecule has 6 nitrogen and oxygen atoms in total. The molecule has 1 N–H and O–H groups in total. The highest BCUT2D eigenvalue weighted by molar-refractivity contribution is 7.98. The lowest BCUT2D eigenvalue weighted by Gasteiger charge is -2.46. The quantitative estimate of drug-likeness (QED) is 0.519. The molecule has 182 valence electrons. The fraction of sp³-hybridized carbons (Fsp3) is 0.250. The molecule has 3 aromatic rings. The lowest BCUT2D eigenvalue weighted by molar-refractivity contribution is -0.173. The Kier molecular flexibility index (Phi) is 5.76. The lowest BCUT2D eigenvalue weighted by Crippen LogP contribution is -2.60. The SMILES string of the molecule is C[C@@H](N1CN([C@H]2c3ccccc3CSc3cc(Cl)ccc32)n2ccc(=O)c(O)c2C1=O)C(F)(F)F. The van der Waals surface area contributed by atoms with Gasteiger partial charge >= 0.3 is 6.18 Å². The summed E-state index contributed by atoms with van der Waals surface area (Å²) in [6, 6.07) is 11.2. The van der Waals surface area contributed by atoms with Gasteiger partial charge < -0.3 is 10.0 Å². The molecule has 2 aromatic carbocycles. The molecule has 0 unspecified atom stereocenters. The lowest BCUT2D eigenvalue weighted by atomic mass is 9.94. The minimum Gasteiger partial charge on any atom is -0.502 e. The molecule has 35 heavy (non-hydrogen) atoms. The van der Waals surface area contributed by atoms with Crippen LogP contribution in [0.15, 0.2) is 64.4 Å². The Morgan fingerprint density at radius 1 is 1.11 bits per heavy atom. The van der Waals surface area contributed by atoms with Crippen LogP contribution in [0.3, 0.4) is 0 Å². The molecule has 0 fully saturated rings. The van der Waals surface area contributed by atoms with Crippen LogP contribution in [-0.4, -0.2) is 39.5 Å². The van der Waals surface area contributed by atoms with Crippen LogP contribution in [-0.2, 0) is 5.75 Å². The van der Waals surface area contributed by atoms with E-state index in [1.54, 1.807) is 28.9 Å². The molecule has 3 heterocycles. The minimum atomic E-state index is -4.71. The van der Waals surface area contributed by atoms with E-state index < -0.39 is 47.7 Å². The maximum Gasteiger partial charge on any atom is 0.408 e. The van der Waals surface area contributed by atoms with E-state index in [1.165, 1.54) is 10.9 Å². The van der Waals surface area contributed by atoms with Gasteiger partial charge in [0.2, 0.25) is 5.43 Å². The monoisotopic (exact) mass is 521 g/mol. The summed E-state index contributed by atoms with van der Waals surface area (Å²) in [7, 11) is 0. The second-order valence-corrected chi connectivity index (χ2v) is 9.82. The zero-order valence-electron chi connectivity index (χ0n) is 18.3. The number of carbonyl (C=O) groups excluding carboxylic acids is 1. The smallest absolute Gasteiger partial charge is 0.408 e. The van der Waals surface area contributed by atoms with E-state index in [2.05, 4.69) is 0 Å². The number of pyridine rings is 1. The second kappa shape index (κ2) is 8.53. The van der Waals surface area contributed by atoms with E-state index in [9.17, 15) is 27.9 Å². The van der Waals surface area contributed by atoms with Crippen molar-refractivity contribution in [3.05, 3.63) is 92.4 Å². The zero-order valence-corrected chi connectivity index (χ0v) is 19.9. The number of rotatable bonds is 2. The van der Waals surface area contributed by atoms with Crippen LogP contribution in [0.5, 0.6) is 5.75 Å². The minimum absolute atomic E-state index is 0.430. The number of nitrogens with zero attached hydrogens (tertiary/aromatic N) is 3. The van der Waals surface area contributed by atoms with Crippen molar-refractivity contribution in [2.75, 3.05) is 11.7 Å². The van der Waals surface area contributed by atoms with Gasteiger partial charge in [0.15, 0.2) is 11.4 Å². The summed E-state index contributed by atoms with van der Waals surface area (Å²) < 4.78 is 42.6. The number of fused-ring (bicyclic) bond motifs is 3.